The number of carbonyl (C=O) groups excluding carboxylic acids is 1. The predicted octanol–water partition coefficient (Wildman–Crippen LogP) is 3.07. The lowest BCUT2D eigenvalue weighted by Gasteiger charge is -2.12. The highest BCUT2D eigenvalue weighted by Crippen LogP contribution is 2.19. The van der Waals surface area contributed by atoms with Crippen LogP contribution in [0.3, 0.4) is 0 Å². The molecule has 6 nitrogen and oxygen atoms in total. The fourth-order valence-corrected chi connectivity index (χ4v) is 2.58. The molecule has 24 heavy (non-hydrogen) atoms. The minimum atomic E-state index is -0.275. The van der Waals surface area contributed by atoms with Gasteiger partial charge in [-0.1, -0.05) is 6.07 Å². The number of aromatic nitrogens is 3. The molecule has 0 fully saturated rings. The second kappa shape index (κ2) is 6.23. The number of rotatable bonds is 4. The number of fused-ring (bicyclic) bond motifs is 1. The van der Waals surface area contributed by atoms with Gasteiger partial charge < -0.3 is 9.88 Å². The van der Waals surface area contributed by atoms with Crippen molar-refractivity contribution in [2.24, 2.45) is 0 Å². The summed E-state index contributed by atoms with van der Waals surface area (Å²) in [5, 5.41) is 3.88. The second-order valence-corrected chi connectivity index (χ2v) is 5.64. The number of aryl methyl sites for hydroxylation is 2. The van der Waals surface area contributed by atoms with E-state index in [1.807, 2.05) is 26.0 Å². The summed E-state index contributed by atoms with van der Waals surface area (Å²) in [4.78, 5) is 32.7. The number of pyridine rings is 3. The molecule has 0 aliphatic heterocycles. The maximum Gasteiger partial charge on any atom is 0.261 e. The highest BCUT2D eigenvalue weighted by Gasteiger charge is 2.12. The van der Waals surface area contributed by atoms with Crippen molar-refractivity contribution in [3.63, 3.8) is 0 Å². The monoisotopic (exact) mass is 322 g/mol. The number of hydrogen-bond donors (Lipinski definition) is 1. The zero-order valence-corrected chi connectivity index (χ0v) is 13.8. The van der Waals surface area contributed by atoms with Gasteiger partial charge in [0.05, 0.1) is 11.1 Å². The lowest BCUT2D eigenvalue weighted by Crippen LogP contribution is -2.25. The Bertz CT molecular complexity index is 975. The smallest absolute Gasteiger partial charge is 0.261 e. The van der Waals surface area contributed by atoms with E-state index in [4.69, 9.17) is 0 Å². The number of nitrogens with one attached hydrogen (secondary N) is 1. The van der Waals surface area contributed by atoms with Gasteiger partial charge in [0.2, 0.25) is 0 Å². The Kier molecular flexibility index (Phi) is 4.12. The molecule has 0 atom stereocenters. The lowest BCUT2D eigenvalue weighted by molar-refractivity contribution is 0.101. The Balaban J connectivity index is 2.10. The maximum atomic E-state index is 12.5. The molecule has 0 bridgehead atoms. The SMILES string of the molecule is CCn1c(=O)c(C(C)=O)cc2cnc(Nc3ccc(C)cn3)cc21. The highest BCUT2D eigenvalue weighted by molar-refractivity contribution is 5.97. The average Bonchev–Trinajstić information content (AvgIpc) is 2.56. The third-order valence-corrected chi connectivity index (χ3v) is 3.84. The molecule has 0 amide bonds. The summed E-state index contributed by atoms with van der Waals surface area (Å²) in [5.74, 6) is 1.03. The Hall–Kier alpha value is -3.02. The van der Waals surface area contributed by atoms with Crippen molar-refractivity contribution in [1.82, 2.24) is 14.5 Å². The van der Waals surface area contributed by atoms with Gasteiger partial charge in [0.1, 0.15) is 11.6 Å². The van der Waals surface area contributed by atoms with E-state index in [-0.39, 0.29) is 16.9 Å². The summed E-state index contributed by atoms with van der Waals surface area (Å²) in [5.41, 5.74) is 1.72. The van der Waals surface area contributed by atoms with Gasteiger partial charge in [0, 0.05) is 30.4 Å². The first-order valence-electron chi connectivity index (χ1n) is 7.74. The van der Waals surface area contributed by atoms with Gasteiger partial charge in [-0.25, -0.2) is 9.97 Å². The first-order chi connectivity index (χ1) is 11.5. The first kappa shape index (κ1) is 15.9. The van der Waals surface area contributed by atoms with Crippen molar-refractivity contribution < 1.29 is 4.79 Å². The molecule has 3 rings (SSSR count). The van der Waals surface area contributed by atoms with Crippen molar-refractivity contribution in [3.8, 4) is 0 Å². The third-order valence-electron chi connectivity index (χ3n) is 3.84. The molecular weight excluding hydrogens is 304 g/mol. The summed E-state index contributed by atoms with van der Waals surface area (Å²) in [6, 6.07) is 7.23. The maximum absolute atomic E-state index is 12.5. The standard InChI is InChI=1S/C18H18N4O2/c1-4-22-15-8-17(21-16-6-5-11(2)9-19-16)20-10-13(15)7-14(12(3)23)18(22)24/h5-10H,4H2,1-3H3,(H,19,20,21). The summed E-state index contributed by atoms with van der Waals surface area (Å²) >= 11 is 0. The quantitative estimate of drug-likeness (QED) is 0.747. The summed E-state index contributed by atoms with van der Waals surface area (Å²) in [6.45, 7) is 5.72. The zero-order valence-electron chi connectivity index (χ0n) is 13.8. The Morgan fingerprint density at radius 1 is 1.17 bits per heavy atom. The largest absolute Gasteiger partial charge is 0.325 e. The van der Waals surface area contributed by atoms with Crippen LogP contribution < -0.4 is 10.9 Å². The lowest BCUT2D eigenvalue weighted by atomic mass is 10.1. The molecule has 0 radical (unpaired) electrons. The zero-order chi connectivity index (χ0) is 17.3. The van der Waals surface area contributed by atoms with E-state index >= 15 is 0 Å². The molecule has 0 aliphatic carbocycles. The van der Waals surface area contributed by atoms with Crippen LogP contribution in [-0.4, -0.2) is 20.3 Å². The van der Waals surface area contributed by atoms with Crippen molar-refractivity contribution in [2.45, 2.75) is 27.3 Å². The predicted molar refractivity (Wildman–Crippen MR) is 93.9 cm³/mol. The summed E-state index contributed by atoms with van der Waals surface area (Å²) in [7, 11) is 0. The first-order valence-corrected chi connectivity index (χ1v) is 7.74. The highest BCUT2D eigenvalue weighted by atomic mass is 16.1. The molecule has 122 valence electrons. The van der Waals surface area contributed by atoms with Gasteiger partial charge in [0.15, 0.2) is 5.78 Å². The Morgan fingerprint density at radius 3 is 2.54 bits per heavy atom. The van der Waals surface area contributed by atoms with E-state index in [0.29, 0.717) is 18.2 Å². The number of hydrogen-bond acceptors (Lipinski definition) is 5. The molecule has 0 saturated heterocycles. The van der Waals surface area contributed by atoms with Crippen molar-refractivity contribution >= 4 is 28.3 Å². The third kappa shape index (κ3) is 2.90. The fraction of sp³-hybridized carbons (Fsp3) is 0.222. The van der Waals surface area contributed by atoms with E-state index in [9.17, 15) is 9.59 Å². The molecule has 1 N–H and O–H groups in total. The van der Waals surface area contributed by atoms with Crippen molar-refractivity contribution in [2.75, 3.05) is 5.32 Å². The Morgan fingerprint density at radius 2 is 1.92 bits per heavy atom. The van der Waals surface area contributed by atoms with E-state index in [0.717, 1.165) is 16.5 Å². The molecule has 0 unspecified atom stereocenters. The van der Waals surface area contributed by atoms with E-state index in [1.54, 1.807) is 29.1 Å². The number of carbonyl (C=O) groups is 1. The normalized spacial score (nSPS) is 10.8. The molecule has 3 aromatic heterocycles. The van der Waals surface area contributed by atoms with Crippen LogP contribution in [0.5, 0.6) is 0 Å². The fourth-order valence-electron chi connectivity index (χ4n) is 2.58. The van der Waals surface area contributed by atoms with Gasteiger partial charge in [-0.3, -0.25) is 9.59 Å². The number of anilines is 2. The minimum absolute atomic E-state index is 0.187. The molecule has 0 aliphatic rings. The molecule has 3 aromatic rings. The number of ketones is 1. The molecule has 0 aromatic carbocycles. The molecule has 0 spiro atoms. The van der Waals surface area contributed by atoms with Crippen molar-refractivity contribution in [3.05, 3.63) is 58.1 Å². The average molecular weight is 322 g/mol. The van der Waals surface area contributed by atoms with Crippen molar-refractivity contribution in [1.29, 1.82) is 0 Å². The van der Waals surface area contributed by atoms with Gasteiger partial charge in [-0.05, 0) is 38.5 Å². The van der Waals surface area contributed by atoms with Crippen LogP contribution in [0.4, 0.5) is 11.6 Å². The van der Waals surface area contributed by atoms with Gasteiger partial charge >= 0.3 is 0 Å². The molecule has 3 heterocycles. The van der Waals surface area contributed by atoms with Crippen LogP contribution in [0.25, 0.3) is 10.9 Å². The van der Waals surface area contributed by atoms with Crippen LogP contribution in [-0.2, 0) is 6.54 Å². The molecule has 6 heteroatoms. The minimum Gasteiger partial charge on any atom is -0.325 e. The van der Waals surface area contributed by atoms with Gasteiger partial charge in [-0.2, -0.15) is 0 Å². The van der Waals surface area contributed by atoms with Crippen LogP contribution in [0.1, 0.15) is 29.8 Å². The topological polar surface area (TPSA) is 76.9 Å². The molecular formula is C18H18N4O2. The van der Waals surface area contributed by atoms with E-state index in [2.05, 4.69) is 15.3 Å². The summed E-state index contributed by atoms with van der Waals surface area (Å²) < 4.78 is 1.58. The van der Waals surface area contributed by atoms with Gasteiger partial charge in [-0.15, -0.1) is 0 Å². The number of Topliss-reactive ketones (excluding diaryl/α,β-unsaturated/α-hetero) is 1. The van der Waals surface area contributed by atoms with E-state index < -0.39 is 0 Å². The van der Waals surface area contributed by atoms with E-state index in [1.165, 1.54) is 6.92 Å². The van der Waals surface area contributed by atoms with Crippen LogP contribution in [0, 0.1) is 6.92 Å². The summed E-state index contributed by atoms with van der Waals surface area (Å²) in [6.07, 6.45) is 3.42. The van der Waals surface area contributed by atoms with Crippen LogP contribution in [0.15, 0.2) is 41.5 Å². The van der Waals surface area contributed by atoms with Crippen LogP contribution >= 0.6 is 0 Å². The second-order valence-electron chi connectivity index (χ2n) is 5.64. The Labute approximate surface area is 139 Å². The molecule has 0 saturated carbocycles. The number of nitrogens with zero attached hydrogens (tertiary/aromatic N) is 3. The van der Waals surface area contributed by atoms with Crippen LogP contribution in [0.2, 0.25) is 0 Å². The van der Waals surface area contributed by atoms with Gasteiger partial charge in [0.25, 0.3) is 5.56 Å².